The Kier molecular flexibility index (Phi) is 4.93. The van der Waals surface area contributed by atoms with Gasteiger partial charge in [-0.05, 0) is 54.3 Å². The summed E-state index contributed by atoms with van der Waals surface area (Å²) in [5.41, 5.74) is 3.34. The minimum absolute atomic E-state index is 0.0601. The highest BCUT2D eigenvalue weighted by molar-refractivity contribution is 5.83. The highest BCUT2D eigenvalue weighted by atomic mass is 16.3. The fraction of sp³-hybridized carbons (Fsp3) is 0.227. The average Bonchev–Trinajstić information content (AvgIpc) is 2.94. The monoisotopic (exact) mass is 374 g/mol. The number of nitrogens with zero attached hydrogens (tertiary/aromatic N) is 3. The van der Waals surface area contributed by atoms with Crippen LogP contribution in [0.1, 0.15) is 43.2 Å². The molecule has 0 radical (unpaired) electrons. The van der Waals surface area contributed by atoms with Gasteiger partial charge in [0.2, 0.25) is 0 Å². The number of aliphatic imine (C=N–C) groups is 1. The Morgan fingerprint density at radius 3 is 2.46 bits per heavy atom. The van der Waals surface area contributed by atoms with Crippen LogP contribution in [0.2, 0.25) is 0 Å². The molecular weight excluding hydrogens is 352 g/mol. The summed E-state index contributed by atoms with van der Waals surface area (Å²) in [6.07, 6.45) is 1.47. The van der Waals surface area contributed by atoms with E-state index in [1.165, 1.54) is 10.9 Å². The highest BCUT2D eigenvalue weighted by Gasteiger charge is 2.16. The van der Waals surface area contributed by atoms with Crippen molar-refractivity contribution < 1.29 is 5.11 Å². The Hall–Kier alpha value is -3.59. The lowest BCUT2D eigenvalue weighted by Gasteiger charge is -2.19. The first-order valence-corrected chi connectivity index (χ1v) is 8.90. The number of rotatable bonds is 3. The molecule has 0 saturated heterocycles. The zero-order valence-corrected chi connectivity index (χ0v) is 16.3. The highest BCUT2D eigenvalue weighted by Crippen LogP contribution is 2.32. The molecule has 0 aliphatic carbocycles. The molecule has 0 unspecified atom stereocenters. The fourth-order valence-electron chi connectivity index (χ4n) is 2.81. The summed E-state index contributed by atoms with van der Waals surface area (Å²) < 4.78 is 1.41. The molecule has 0 saturated carbocycles. The Labute approximate surface area is 163 Å². The summed E-state index contributed by atoms with van der Waals surface area (Å²) >= 11 is 0. The van der Waals surface area contributed by atoms with Gasteiger partial charge in [-0.25, -0.2) is 4.68 Å². The molecule has 0 atom stereocenters. The van der Waals surface area contributed by atoms with Gasteiger partial charge in [0, 0.05) is 11.9 Å². The van der Waals surface area contributed by atoms with Crippen molar-refractivity contribution >= 4 is 11.9 Å². The van der Waals surface area contributed by atoms with Gasteiger partial charge in [0.05, 0.1) is 22.9 Å². The van der Waals surface area contributed by atoms with Crippen LogP contribution in [-0.4, -0.2) is 21.1 Å². The van der Waals surface area contributed by atoms with E-state index >= 15 is 0 Å². The van der Waals surface area contributed by atoms with Crippen LogP contribution in [0.5, 0.6) is 5.75 Å². The first-order chi connectivity index (χ1) is 13.2. The van der Waals surface area contributed by atoms with E-state index in [4.69, 9.17) is 5.26 Å². The molecule has 1 heterocycles. The lowest BCUT2D eigenvalue weighted by atomic mass is 9.87. The second kappa shape index (κ2) is 7.20. The number of H-pyrrole nitrogens is 1. The lowest BCUT2D eigenvalue weighted by Crippen LogP contribution is -2.17. The van der Waals surface area contributed by atoms with Crippen molar-refractivity contribution in [1.29, 1.82) is 5.26 Å². The number of aromatic amines is 1. The van der Waals surface area contributed by atoms with E-state index in [1.807, 2.05) is 12.1 Å². The number of phenols is 1. The molecular formula is C22H22N4O2. The fourth-order valence-corrected chi connectivity index (χ4v) is 2.81. The third-order valence-corrected chi connectivity index (χ3v) is 4.55. The largest absolute Gasteiger partial charge is 0.506 e. The average molecular weight is 374 g/mol. The zero-order chi connectivity index (χ0) is 20.5. The predicted molar refractivity (Wildman–Crippen MR) is 110 cm³/mol. The zero-order valence-electron chi connectivity index (χ0n) is 16.3. The second-order valence-electron chi connectivity index (χ2n) is 7.66. The number of hydrogen-bond acceptors (Lipinski definition) is 4. The smallest absolute Gasteiger partial charge is 0.280 e. The van der Waals surface area contributed by atoms with Gasteiger partial charge in [0.15, 0.2) is 0 Å². The van der Waals surface area contributed by atoms with E-state index in [1.54, 1.807) is 37.3 Å². The van der Waals surface area contributed by atoms with Crippen LogP contribution in [0.4, 0.5) is 5.69 Å². The maximum Gasteiger partial charge on any atom is 0.280 e. The second-order valence-corrected chi connectivity index (χ2v) is 7.66. The molecule has 3 aromatic rings. The van der Waals surface area contributed by atoms with Crippen molar-refractivity contribution in [3.05, 3.63) is 75.2 Å². The van der Waals surface area contributed by atoms with Crippen LogP contribution in [-0.2, 0) is 5.41 Å². The maximum atomic E-state index is 12.8. The molecule has 0 aliphatic rings. The molecule has 0 bridgehead atoms. The number of aromatic nitrogens is 2. The number of hydrogen-bond donors (Lipinski definition) is 2. The Morgan fingerprint density at radius 2 is 1.86 bits per heavy atom. The lowest BCUT2D eigenvalue weighted by molar-refractivity contribution is 0.475. The van der Waals surface area contributed by atoms with Crippen molar-refractivity contribution in [2.75, 3.05) is 0 Å². The van der Waals surface area contributed by atoms with Crippen LogP contribution in [0.25, 0.3) is 5.69 Å². The molecule has 0 aliphatic heterocycles. The van der Waals surface area contributed by atoms with Crippen LogP contribution >= 0.6 is 0 Å². The number of nitriles is 1. The van der Waals surface area contributed by atoms with Gasteiger partial charge in [0.1, 0.15) is 11.4 Å². The minimum Gasteiger partial charge on any atom is -0.506 e. The van der Waals surface area contributed by atoms with E-state index in [0.717, 1.165) is 5.56 Å². The van der Waals surface area contributed by atoms with Crippen molar-refractivity contribution in [1.82, 2.24) is 9.78 Å². The van der Waals surface area contributed by atoms with Crippen molar-refractivity contribution in [2.24, 2.45) is 4.99 Å². The summed E-state index contributed by atoms with van der Waals surface area (Å²) in [4.78, 5) is 17.1. The van der Waals surface area contributed by atoms with E-state index in [0.29, 0.717) is 28.2 Å². The summed E-state index contributed by atoms with van der Waals surface area (Å²) in [5, 5.41) is 22.0. The van der Waals surface area contributed by atoms with E-state index < -0.39 is 0 Å². The van der Waals surface area contributed by atoms with Crippen LogP contribution in [0.15, 0.2) is 52.3 Å². The molecule has 1 aromatic heterocycles. The predicted octanol–water partition coefficient (Wildman–Crippen LogP) is 4.10. The Morgan fingerprint density at radius 1 is 1.18 bits per heavy atom. The summed E-state index contributed by atoms with van der Waals surface area (Å²) in [7, 11) is 0. The quantitative estimate of drug-likeness (QED) is 0.676. The van der Waals surface area contributed by atoms with Gasteiger partial charge >= 0.3 is 0 Å². The van der Waals surface area contributed by atoms with E-state index in [2.05, 4.69) is 36.9 Å². The normalized spacial score (nSPS) is 11.7. The molecule has 6 heteroatoms. The molecule has 2 N–H and O–H groups in total. The number of aromatic hydroxyl groups is 1. The molecule has 6 nitrogen and oxygen atoms in total. The van der Waals surface area contributed by atoms with Crippen molar-refractivity contribution in [2.45, 2.75) is 33.1 Å². The molecule has 0 amide bonds. The molecule has 0 spiro atoms. The minimum atomic E-state index is -0.252. The number of phenolic OH excluding ortho intramolecular Hbond substituents is 1. The Bertz CT molecular complexity index is 1140. The van der Waals surface area contributed by atoms with Gasteiger partial charge in [-0.2, -0.15) is 5.26 Å². The van der Waals surface area contributed by atoms with Crippen molar-refractivity contribution in [3.63, 3.8) is 0 Å². The molecule has 2 aromatic carbocycles. The molecule has 142 valence electrons. The maximum absolute atomic E-state index is 12.8. The third-order valence-electron chi connectivity index (χ3n) is 4.55. The van der Waals surface area contributed by atoms with Gasteiger partial charge in [-0.15, -0.1) is 0 Å². The van der Waals surface area contributed by atoms with Crippen molar-refractivity contribution in [3.8, 4) is 17.5 Å². The third kappa shape index (κ3) is 3.74. The summed E-state index contributed by atoms with van der Waals surface area (Å²) in [6.45, 7) is 8.03. The van der Waals surface area contributed by atoms with E-state index in [9.17, 15) is 9.90 Å². The van der Waals surface area contributed by atoms with Crippen LogP contribution < -0.4 is 5.56 Å². The number of benzene rings is 2. The van der Waals surface area contributed by atoms with Crippen LogP contribution in [0, 0.1) is 18.3 Å². The standard InChI is InChI=1S/C22H22N4O2/c1-14-18(13-24-19-11-16(22(2,3)4)7-10-20(19)27)21(28)26(25-14)17-8-5-15(12-23)6-9-17/h5-11,13,25,27H,1-4H3. The first kappa shape index (κ1) is 19.2. The van der Waals surface area contributed by atoms with Crippen LogP contribution in [0.3, 0.4) is 0 Å². The summed E-state index contributed by atoms with van der Waals surface area (Å²) in [5.74, 6) is 0.0601. The van der Waals surface area contributed by atoms with Gasteiger partial charge in [-0.1, -0.05) is 26.8 Å². The van der Waals surface area contributed by atoms with Gasteiger partial charge in [-0.3, -0.25) is 14.9 Å². The molecule has 3 rings (SSSR count). The van der Waals surface area contributed by atoms with Gasteiger partial charge < -0.3 is 5.11 Å². The van der Waals surface area contributed by atoms with E-state index in [-0.39, 0.29) is 16.7 Å². The molecule has 0 fully saturated rings. The SMILES string of the molecule is Cc1[nH]n(-c2ccc(C#N)cc2)c(=O)c1C=Nc1cc(C(C)(C)C)ccc1O. The topological polar surface area (TPSA) is 94.2 Å². The van der Waals surface area contributed by atoms with Gasteiger partial charge in [0.25, 0.3) is 5.56 Å². The number of nitrogens with one attached hydrogen (secondary N) is 1. The summed E-state index contributed by atoms with van der Waals surface area (Å²) in [6, 6.07) is 14.1. The number of aryl methyl sites for hydroxylation is 1. The Balaban J connectivity index is 1.99. The molecule has 28 heavy (non-hydrogen) atoms. The first-order valence-electron chi connectivity index (χ1n) is 8.90.